The number of rotatable bonds is 2. The molecule has 1 rings (SSSR count). The normalized spacial score (nSPS) is 11.4. The largest absolute Gasteiger partial charge is 0.493 e. The Labute approximate surface area is 89.6 Å². The number of nitrogens with two attached hydrogens (primary N) is 2. The number of nitrogens with zero attached hydrogens (tertiary/aromatic N) is 1. The van der Waals surface area contributed by atoms with Crippen LogP contribution in [0.1, 0.15) is 18.9 Å². The SMILES string of the molecule is COc1c(N)cncc1C#CC[C@H](C)N. The van der Waals surface area contributed by atoms with Gasteiger partial charge in [0.2, 0.25) is 0 Å². The fraction of sp³-hybridized carbons (Fsp3) is 0.364. The summed E-state index contributed by atoms with van der Waals surface area (Å²) >= 11 is 0. The molecule has 1 atom stereocenters. The molecule has 0 aliphatic carbocycles. The van der Waals surface area contributed by atoms with E-state index in [2.05, 4.69) is 16.8 Å². The predicted molar refractivity (Wildman–Crippen MR) is 60.3 cm³/mol. The van der Waals surface area contributed by atoms with E-state index in [4.69, 9.17) is 16.2 Å². The molecule has 4 heteroatoms. The van der Waals surface area contributed by atoms with Crippen molar-refractivity contribution in [1.29, 1.82) is 0 Å². The lowest BCUT2D eigenvalue weighted by atomic mass is 10.2. The summed E-state index contributed by atoms with van der Waals surface area (Å²) in [4.78, 5) is 3.95. The first kappa shape index (κ1) is 11.3. The van der Waals surface area contributed by atoms with Gasteiger partial charge in [-0.05, 0) is 6.92 Å². The number of anilines is 1. The number of aromatic nitrogens is 1. The van der Waals surface area contributed by atoms with Crippen molar-refractivity contribution in [2.45, 2.75) is 19.4 Å². The monoisotopic (exact) mass is 205 g/mol. The van der Waals surface area contributed by atoms with Crippen LogP contribution < -0.4 is 16.2 Å². The molecule has 0 radical (unpaired) electrons. The van der Waals surface area contributed by atoms with Crippen LogP contribution in [0.5, 0.6) is 5.75 Å². The summed E-state index contributed by atoms with van der Waals surface area (Å²) in [5.41, 5.74) is 12.4. The lowest BCUT2D eigenvalue weighted by Crippen LogP contribution is -2.12. The Bertz CT molecular complexity index is 391. The molecule has 0 amide bonds. The molecular formula is C11H15N3O. The predicted octanol–water partition coefficient (Wildman–Crippen LogP) is 0.761. The van der Waals surface area contributed by atoms with Crippen molar-refractivity contribution in [1.82, 2.24) is 4.98 Å². The molecule has 0 aliphatic rings. The van der Waals surface area contributed by atoms with Crippen LogP contribution in [0.15, 0.2) is 12.4 Å². The summed E-state index contributed by atoms with van der Waals surface area (Å²) in [6, 6.07) is 0.0671. The van der Waals surface area contributed by atoms with E-state index in [0.717, 1.165) is 0 Å². The summed E-state index contributed by atoms with van der Waals surface area (Å²) in [5.74, 6) is 6.46. The number of hydrogen-bond donors (Lipinski definition) is 2. The highest BCUT2D eigenvalue weighted by molar-refractivity contribution is 5.59. The quantitative estimate of drug-likeness (QED) is 0.699. The average molecular weight is 205 g/mol. The fourth-order valence-electron chi connectivity index (χ4n) is 1.09. The fourth-order valence-corrected chi connectivity index (χ4v) is 1.09. The summed E-state index contributed by atoms with van der Waals surface area (Å²) in [6.07, 6.45) is 3.80. The molecule has 0 unspecified atom stereocenters. The highest BCUT2D eigenvalue weighted by Crippen LogP contribution is 2.23. The Hall–Kier alpha value is -1.73. The van der Waals surface area contributed by atoms with E-state index in [9.17, 15) is 0 Å². The Morgan fingerprint density at radius 3 is 2.87 bits per heavy atom. The van der Waals surface area contributed by atoms with Crippen molar-refractivity contribution in [2.24, 2.45) is 5.73 Å². The molecule has 1 aromatic heterocycles. The van der Waals surface area contributed by atoms with Crippen molar-refractivity contribution in [3.8, 4) is 17.6 Å². The summed E-state index contributed by atoms with van der Waals surface area (Å²) < 4.78 is 5.13. The van der Waals surface area contributed by atoms with Crippen molar-refractivity contribution in [3.05, 3.63) is 18.0 Å². The van der Waals surface area contributed by atoms with Crippen molar-refractivity contribution >= 4 is 5.69 Å². The lowest BCUT2D eigenvalue weighted by molar-refractivity contribution is 0.415. The minimum atomic E-state index is 0.0671. The molecule has 4 nitrogen and oxygen atoms in total. The zero-order valence-corrected chi connectivity index (χ0v) is 8.95. The molecule has 0 fully saturated rings. The van der Waals surface area contributed by atoms with Gasteiger partial charge in [0.25, 0.3) is 0 Å². The second kappa shape index (κ2) is 5.23. The maximum absolute atomic E-state index is 5.68. The number of ether oxygens (including phenoxy) is 1. The maximum atomic E-state index is 5.68. The molecule has 80 valence electrons. The van der Waals surface area contributed by atoms with Gasteiger partial charge in [0.1, 0.15) is 0 Å². The van der Waals surface area contributed by atoms with Crippen LogP contribution in [0.3, 0.4) is 0 Å². The number of hydrogen-bond acceptors (Lipinski definition) is 4. The van der Waals surface area contributed by atoms with Crippen LogP contribution in [0.4, 0.5) is 5.69 Å². The molecule has 0 bridgehead atoms. The van der Waals surface area contributed by atoms with Gasteiger partial charge in [-0.25, -0.2) is 0 Å². The van der Waals surface area contributed by atoms with E-state index in [1.165, 1.54) is 6.20 Å². The van der Waals surface area contributed by atoms with E-state index in [-0.39, 0.29) is 6.04 Å². The van der Waals surface area contributed by atoms with Gasteiger partial charge in [-0.2, -0.15) is 0 Å². The molecule has 1 aromatic rings. The van der Waals surface area contributed by atoms with Gasteiger partial charge < -0.3 is 16.2 Å². The maximum Gasteiger partial charge on any atom is 0.160 e. The molecule has 15 heavy (non-hydrogen) atoms. The Morgan fingerprint density at radius 1 is 1.53 bits per heavy atom. The van der Waals surface area contributed by atoms with Gasteiger partial charge >= 0.3 is 0 Å². The Kier molecular flexibility index (Phi) is 3.95. The zero-order valence-electron chi connectivity index (χ0n) is 8.95. The second-order valence-electron chi connectivity index (χ2n) is 3.29. The first-order chi connectivity index (χ1) is 7.15. The Morgan fingerprint density at radius 2 is 2.27 bits per heavy atom. The summed E-state index contributed by atoms with van der Waals surface area (Å²) in [6.45, 7) is 1.91. The van der Waals surface area contributed by atoms with Crippen LogP contribution in [0.25, 0.3) is 0 Å². The van der Waals surface area contributed by atoms with Gasteiger partial charge in [0, 0.05) is 18.7 Å². The molecule has 0 spiro atoms. The molecule has 4 N–H and O–H groups in total. The van der Waals surface area contributed by atoms with Crippen LogP contribution >= 0.6 is 0 Å². The third kappa shape index (κ3) is 3.15. The standard InChI is InChI=1S/C11H15N3O/c1-8(12)4-3-5-9-6-14-7-10(13)11(9)15-2/h6-8H,4,12-13H2,1-2H3/t8-/m0/s1. The minimum absolute atomic E-state index is 0.0671. The first-order valence-electron chi connectivity index (χ1n) is 4.67. The number of nitrogen functional groups attached to an aromatic ring is 1. The van der Waals surface area contributed by atoms with Crippen LogP contribution in [0, 0.1) is 11.8 Å². The van der Waals surface area contributed by atoms with Crippen LogP contribution in [0.2, 0.25) is 0 Å². The highest BCUT2D eigenvalue weighted by Gasteiger charge is 2.04. The van der Waals surface area contributed by atoms with Crippen LogP contribution in [-0.2, 0) is 0 Å². The van der Waals surface area contributed by atoms with Crippen molar-refractivity contribution < 1.29 is 4.74 Å². The molecule has 0 saturated carbocycles. The smallest absolute Gasteiger partial charge is 0.160 e. The van der Waals surface area contributed by atoms with E-state index in [0.29, 0.717) is 23.4 Å². The molecular weight excluding hydrogens is 190 g/mol. The topological polar surface area (TPSA) is 74.2 Å². The summed E-state index contributed by atoms with van der Waals surface area (Å²) in [7, 11) is 1.56. The van der Waals surface area contributed by atoms with E-state index in [1.54, 1.807) is 13.3 Å². The Balaban J connectivity index is 2.92. The van der Waals surface area contributed by atoms with Gasteiger partial charge in [0.05, 0.1) is 24.6 Å². The van der Waals surface area contributed by atoms with Crippen LogP contribution in [-0.4, -0.2) is 18.1 Å². The number of methoxy groups -OCH3 is 1. The van der Waals surface area contributed by atoms with Gasteiger partial charge in [0.15, 0.2) is 5.75 Å². The van der Waals surface area contributed by atoms with E-state index < -0.39 is 0 Å². The molecule has 1 heterocycles. The zero-order chi connectivity index (χ0) is 11.3. The van der Waals surface area contributed by atoms with E-state index in [1.807, 2.05) is 6.92 Å². The van der Waals surface area contributed by atoms with Gasteiger partial charge in [-0.3, -0.25) is 4.98 Å². The third-order valence-corrected chi connectivity index (χ3v) is 1.78. The van der Waals surface area contributed by atoms with Crippen molar-refractivity contribution in [2.75, 3.05) is 12.8 Å². The van der Waals surface area contributed by atoms with E-state index >= 15 is 0 Å². The minimum Gasteiger partial charge on any atom is -0.493 e. The second-order valence-corrected chi connectivity index (χ2v) is 3.29. The van der Waals surface area contributed by atoms with Gasteiger partial charge in [-0.1, -0.05) is 11.8 Å². The molecule has 0 aromatic carbocycles. The number of pyridine rings is 1. The van der Waals surface area contributed by atoms with Crippen molar-refractivity contribution in [3.63, 3.8) is 0 Å². The first-order valence-corrected chi connectivity index (χ1v) is 4.67. The lowest BCUT2D eigenvalue weighted by Gasteiger charge is -2.05. The average Bonchev–Trinajstić information content (AvgIpc) is 2.17. The molecule has 0 aliphatic heterocycles. The third-order valence-electron chi connectivity index (χ3n) is 1.78. The highest BCUT2D eigenvalue weighted by atomic mass is 16.5. The molecule has 0 saturated heterocycles. The summed E-state index contributed by atoms with van der Waals surface area (Å²) in [5, 5.41) is 0. The van der Waals surface area contributed by atoms with Gasteiger partial charge in [-0.15, -0.1) is 0 Å².